The van der Waals surface area contributed by atoms with Crippen LogP contribution in [0.4, 0.5) is 5.69 Å². The lowest BCUT2D eigenvalue weighted by molar-refractivity contribution is -0.132. The van der Waals surface area contributed by atoms with Crippen molar-refractivity contribution in [2.75, 3.05) is 45.2 Å². The molecule has 2 amide bonds. The first-order valence-electron chi connectivity index (χ1n) is 12.1. The number of benzene rings is 1. The zero-order valence-corrected chi connectivity index (χ0v) is 20.1. The molecule has 1 aromatic heterocycles. The van der Waals surface area contributed by atoms with Gasteiger partial charge in [-0.3, -0.25) is 9.59 Å². The van der Waals surface area contributed by atoms with Gasteiger partial charge >= 0.3 is 0 Å². The van der Waals surface area contributed by atoms with E-state index in [2.05, 4.69) is 34.1 Å². The molecule has 7 nitrogen and oxygen atoms in total. The average Bonchev–Trinajstić information content (AvgIpc) is 3.37. The van der Waals surface area contributed by atoms with Crippen molar-refractivity contribution in [2.45, 2.75) is 51.4 Å². The molecule has 4 rings (SSSR count). The molecular formula is C26H35N5O2. The maximum Gasteiger partial charge on any atom is 0.257 e. The number of hydrogen-bond donors (Lipinski definition) is 0. The van der Waals surface area contributed by atoms with Crippen LogP contribution in [0.15, 0.2) is 30.5 Å². The Hall–Kier alpha value is -2.96. The minimum absolute atomic E-state index is 0.0376. The molecule has 0 N–H and O–H groups in total. The van der Waals surface area contributed by atoms with Crippen LogP contribution < -0.4 is 4.90 Å². The Kier molecular flexibility index (Phi) is 7.26. The number of carbonyl (C=O) groups excluding carboxylic acids is 2. The SMILES string of the molecule is Cc1nc([C@H]2CCCN(C(=O)CCc3ccc(N(C)C)cc3)C2)ncc1C(=O)N1CCCC1. The van der Waals surface area contributed by atoms with E-state index in [1.165, 1.54) is 5.56 Å². The van der Waals surface area contributed by atoms with E-state index in [-0.39, 0.29) is 17.7 Å². The monoisotopic (exact) mass is 449 g/mol. The molecule has 176 valence electrons. The zero-order valence-electron chi connectivity index (χ0n) is 20.1. The number of anilines is 1. The van der Waals surface area contributed by atoms with E-state index in [4.69, 9.17) is 4.98 Å². The number of nitrogens with zero attached hydrogens (tertiary/aromatic N) is 5. The second-order valence-corrected chi connectivity index (χ2v) is 9.47. The lowest BCUT2D eigenvalue weighted by atomic mass is 9.96. The van der Waals surface area contributed by atoms with Crippen molar-refractivity contribution in [3.63, 3.8) is 0 Å². The smallest absolute Gasteiger partial charge is 0.257 e. The predicted octanol–water partition coefficient (Wildman–Crippen LogP) is 3.43. The van der Waals surface area contributed by atoms with Gasteiger partial charge < -0.3 is 14.7 Å². The molecule has 2 aliphatic rings. The highest BCUT2D eigenvalue weighted by Crippen LogP contribution is 2.26. The fraction of sp³-hybridized carbons (Fsp3) is 0.538. The molecule has 33 heavy (non-hydrogen) atoms. The Bertz CT molecular complexity index is 983. The van der Waals surface area contributed by atoms with Crippen molar-refractivity contribution in [1.82, 2.24) is 19.8 Å². The molecule has 0 aliphatic carbocycles. The number of carbonyl (C=O) groups is 2. The molecule has 0 radical (unpaired) electrons. The lowest BCUT2D eigenvalue weighted by Gasteiger charge is -2.32. The number of amides is 2. The summed E-state index contributed by atoms with van der Waals surface area (Å²) >= 11 is 0. The topological polar surface area (TPSA) is 69.6 Å². The molecular weight excluding hydrogens is 414 g/mol. The normalized spacial score (nSPS) is 18.5. The number of aromatic nitrogens is 2. The number of rotatable bonds is 6. The molecule has 0 unspecified atom stereocenters. The summed E-state index contributed by atoms with van der Waals surface area (Å²) in [7, 11) is 4.05. The van der Waals surface area contributed by atoms with Crippen LogP contribution in [0.25, 0.3) is 0 Å². The Balaban J connectivity index is 1.35. The van der Waals surface area contributed by atoms with E-state index in [1.54, 1.807) is 6.20 Å². The lowest BCUT2D eigenvalue weighted by Crippen LogP contribution is -2.39. The van der Waals surface area contributed by atoms with Crippen LogP contribution in [-0.4, -0.2) is 71.9 Å². The largest absolute Gasteiger partial charge is 0.378 e. The first-order chi connectivity index (χ1) is 15.9. The summed E-state index contributed by atoms with van der Waals surface area (Å²) in [6, 6.07) is 8.38. The second-order valence-electron chi connectivity index (χ2n) is 9.47. The van der Waals surface area contributed by atoms with Crippen molar-refractivity contribution < 1.29 is 9.59 Å². The van der Waals surface area contributed by atoms with Gasteiger partial charge in [-0.25, -0.2) is 9.97 Å². The van der Waals surface area contributed by atoms with E-state index >= 15 is 0 Å². The van der Waals surface area contributed by atoms with Gasteiger partial charge in [0.05, 0.1) is 11.3 Å². The van der Waals surface area contributed by atoms with Gasteiger partial charge in [0.25, 0.3) is 5.91 Å². The molecule has 0 saturated carbocycles. The van der Waals surface area contributed by atoms with Gasteiger partial charge in [0.1, 0.15) is 5.82 Å². The van der Waals surface area contributed by atoms with E-state index in [0.29, 0.717) is 18.5 Å². The Morgan fingerprint density at radius 3 is 2.39 bits per heavy atom. The third-order valence-electron chi connectivity index (χ3n) is 6.84. The van der Waals surface area contributed by atoms with Gasteiger partial charge in [-0.2, -0.15) is 0 Å². The van der Waals surface area contributed by atoms with E-state index in [9.17, 15) is 9.59 Å². The quantitative estimate of drug-likeness (QED) is 0.676. The van der Waals surface area contributed by atoms with E-state index < -0.39 is 0 Å². The molecule has 2 fully saturated rings. The van der Waals surface area contributed by atoms with Crippen LogP contribution >= 0.6 is 0 Å². The fourth-order valence-corrected chi connectivity index (χ4v) is 4.77. The summed E-state index contributed by atoms with van der Waals surface area (Å²) in [5.41, 5.74) is 3.68. The zero-order chi connectivity index (χ0) is 23.4. The molecule has 3 heterocycles. The molecule has 0 spiro atoms. The third-order valence-corrected chi connectivity index (χ3v) is 6.84. The Morgan fingerprint density at radius 1 is 1.03 bits per heavy atom. The van der Waals surface area contributed by atoms with Crippen molar-refractivity contribution in [3.05, 3.63) is 53.1 Å². The van der Waals surface area contributed by atoms with Crippen LogP contribution in [0, 0.1) is 6.92 Å². The highest BCUT2D eigenvalue weighted by atomic mass is 16.2. The van der Waals surface area contributed by atoms with Crippen LogP contribution in [0.3, 0.4) is 0 Å². The second kappa shape index (κ2) is 10.3. The average molecular weight is 450 g/mol. The Labute approximate surface area is 196 Å². The molecule has 1 aromatic carbocycles. The number of likely N-dealkylation sites (tertiary alicyclic amines) is 2. The van der Waals surface area contributed by atoms with Crippen molar-refractivity contribution in [3.8, 4) is 0 Å². The summed E-state index contributed by atoms with van der Waals surface area (Å²) in [5, 5.41) is 0. The first-order valence-corrected chi connectivity index (χ1v) is 12.1. The fourth-order valence-electron chi connectivity index (χ4n) is 4.77. The molecule has 2 aromatic rings. The maximum absolute atomic E-state index is 12.9. The van der Waals surface area contributed by atoms with E-state index in [0.717, 1.165) is 68.9 Å². The molecule has 0 bridgehead atoms. The summed E-state index contributed by atoms with van der Waals surface area (Å²) < 4.78 is 0. The Morgan fingerprint density at radius 2 is 1.73 bits per heavy atom. The summed E-state index contributed by atoms with van der Waals surface area (Å²) in [6.45, 7) is 4.97. The van der Waals surface area contributed by atoms with Gasteiger partial charge in [0.2, 0.25) is 5.91 Å². The molecule has 7 heteroatoms. The van der Waals surface area contributed by atoms with E-state index in [1.807, 2.05) is 30.8 Å². The number of aryl methyl sites for hydroxylation is 2. The van der Waals surface area contributed by atoms with Crippen molar-refractivity contribution in [1.29, 1.82) is 0 Å². The summed E-state index contributed by atoms with van der Waals surface area (Å²) in [5.74, 6) is 1.10. The van der Waals surface area contributed by atoms with Gasteiger partial charge in [-0.15, -0.1) is 0 Å². The first kappa shape index (κ1) is 23.2. The minimum Gasteiger partial charge on any atom is -0.378 e. The molecule has 1 atom stereocenters. The summed E-state index contributed by atoms with van der Waals surface area (Å²) in [4.78, 5) is 40.8. The van der Waals surface area contributed by atoms with Crippen LogP contribution in [0.1, 0.15) is 65.5 Å². The van der Waals surface area contributed by atoms with Gasteiger partial charge in [0.15, 0.2) is 0 Å². The van der Waals surface area contributed by atoms with Crippen LogP contribution in [0.2, 0.25) is 0 Å². The molecule has 2 aliphatic heterocycles. The number of piperidine rings is 1. The van der Waals surface area contributed by atoms with Crippen molar-refractivity contribution in [2.24, 2.45) is 0 Å². The van der Waals surface area contributed by atoms with Crippen LogP contribution in [-0.2, 0) is 11.2 Å². The predicted molar refractivity (Wildman–Crippen MR) is 130 cm³/mol. The maximum atomic E-state index is 12.9. The van der Waals surface area contributed by atoms with Gasteiger partial charge in [-0.05, 0) is 56.7 Å². The molecule has 2 saturated heterocycles. The van der Waals surface area contributed by atoms with Gasteiger partial charge in [0, 0.05) is 64.5 Å². The number of hydrogen-bond acceptors (Lipinski definition) is 5. The van der Waals surface area contributed by atoms with Crippen LogP contribution in [0.5, 0.6) is 0 Å². The minimum atomic E-state index is 0.0376. The highest BCUT2D eigenvalue weighted by Gasteiger charge is 2.28. The van der Waals surface area contributed by atoms with Gasteiger partial charge in [-0.1, -0.05) is 12.1 Å². The standard InChI is InChI=1S/C26H35N5O2/c1-19-23(26(33)30-14-4-5-15-30)17-27-25(28-19)21-7-6-16-31(18-21)24(32)13-10-20-8-11-22(12-9-20)29(2)3/h8-9,11-12,17,21H,4-7,10,13-16,18H2,1-3H3/t21-/m0/s1. The third kappa shape index (κ3) is 5.52. The van der Waals surface area contributed by atoms with Crippen molar-refractivity contribution >= 4 is 17.5 Å². The highest BCUT2D eigenvalue weighted by molar-refractivity contribution is 5.95. The summed E-state index contributed by atoms with van der Waals surface area (Å²) in [6.07, 6.45) is 7.00.